The minimum Gasteiger partial charge on any atom is -0.490 e. The molecule has 0 spiro atoms. The maximum absolute atomic E-state index is 13.6. The second kappa shape index (κ2) is 14.0. The highest BCUT2D eigenvalue weighted by molar-refractivity contribution is 7.12. The quantitative estimate of drug-likeness (QED) is 0.229. The number of amides is 1. The molecule has 1 amide bonds. The first-order valence-electron chi connectivity index (χ1n) is 15.9. The van der Waals surface area contributed by atoms with Crippen molar-refractivity contribution in [3.63, 3.8) is 0 Å². The summed E-state index contributed by atoms with van der Waals surface area (Å²) in [4.78, 5) is 33.5. The number of methoxy groups -OCH3 is 1. The molecule has 2 aliphatic carbocycles. The van der Waals surface area contributed by atoms with E-state index in [9.17, 15) is 9.59 Å². The Labute approximate surface area is 254 Å². The van der Waals surface area contributed by atoms with E-state index in [-0.39, 0.29) is 12.0 Å². The van der Waals surface area contributed by atoms with Crippen molar-refractivity contribution >= 4 is 34.0 Å². The third-order valence-electron chi connectivity index (χ3n) is 9.19. The van der Waals surface area contributed by atoms with Crippen LogP contribution < -0.4 is 10.1 Å². The maximum atomic E-state index is 13.6. The van der Waals surface area contributed by atoms with E-state index in [0.29, 0.717) is 24.0 Å². The van der Waals surface area contributed by atoms with Crippen molar-refractivity contribution < 1.29 is 19.1 Å². The Balaban J connectivity index is 1.38. The zero-order chi connectivity index (χ0) is 29.6. The third-order valence-corrected chi connectivity index (χ3v) is 10.6. The van der Waals surface area contributed by atoms with E-state index in [1.165, 1.54) is 56.9 Å². The summed E-state index contributed by atoms with van der Waals surface area (Å²) in [5, 5.41) is 4.97. The minimum absolute atomic E-state index is 0.261. The van der Waals surface area contributed by atoms with E-state index in [0.717, 1.165) is 52.3 Å². The van der Waals surface area contributed by atoms with Crippen molar-refractivity contribution in [2.75, 3.05) is 7.11 Å². The van der Waals surface area contributed by atoms with Gasteiger partial charge in [-0.15, -0.1) is 11.3 Å². The van der Waals surface area contributed by atoms with Crippen LogP contribution in [0.15, 0.2) is 36.4 Å². The van der Waals surface area contributed by atoms with Gasteiger partial charge in [-0.1, -0.05) is 58.9 Å². The lowest BCUT2D eigenvalue weighted by molar-refractivity contribution is -0.142. The van der Waals surface area contributed by atoms with Crippen molar-refractivity contribution in [2.45, 2.75) is 109 Å². The smallest absolute Gasteiger partial charge is 0.328 e. The third kappa shape index (κ3) is 7.52. The average molecular weight is 591 g/mol. The van der Waals surface area contributed by atoms with E-state index >= 15 is 0 Å². The highest BCUT2D eigenvalue weighted by atomic mass is 32.1. The first-order chi connectivity index (χ1) is 20.3. The van der Waals surface area contributed by atoms with Gasteiger partial charge in [0.2, 0.25) is 0 Å². The van der Waals surface area contributed by atoms with E-state index in [1.807, 2.05) is 18.2 Å². The molecule has 0 aliphatic heterocycles. The van der Waals surface area contributed by atoms with Crippen LogP contribution in [0.2, 0.25) is 0 Å². The maximum Gasteiger partial charge on any atom is 0.328 e. The molecular formula is C35H46N2O4S. The molecule has 3 aromatic rings. The number of thiophene rings is 1. The topological polar surface area (TPSA) is 77.5 Å². The van der Waals surface area contributed by atoms with Gasteiger partial charge in [0.1, 0.15) is 17.5 Å². The number of carbonyl (C=O) groups excluding carboxylic acids is 2. The van der Waals surface area contributed by atoms with Crippen molar-refractivity contribution in [1.82, 2.24) is 10.3 Å². The van der Waals surface area contributed by atoms with Gasteiger partial charge in [-0.2, -0.15) is 0 Å². The predicted octanol–water partition coefficient (Wildman–Crippen LogP) is 8.01. The first kappa shape index (κ1) is 30.5. The Morgan fingerprint density at radius 3 is 2.43 bits per heavy atom. The minimum atomic E-state index is -0.782. The molecule has 5 rings (SSSR count). The Kier molecular flexibility index (Phi) is 10.2. The number of rotatable bonds is 11. The molecule has 7 heteroatoms. The average Bonchev–Trinajstić information content (AvgIpc) is 3.69. The number of esters is 1. The molecule has 226 valence electrons. The van der Waals surface area contributed by atoms with E-state index in [4.69, 9.17) is 14.5 Å². The molecule has 42 heavy (non-hydrogen) atoms. The molecule has 1 unspecified atom stereocenters. The lowest BCUT2D eigenvalue weighted by atomic mass is 9.86. The van der Waals surface area contributed by atoms with E-state index in [2.05, 4.69) is 44.3 Å². The lowest BCUT2D eigenvalue weighted by Crippen LogP contribution is -2.43. The number of hydrogen-bond donors (Lipinski definition) is 1. The molecule has 2 aliphatic rings. The van der Waals surface area contributed by atoms with Crippen LogP contribution in [0.5, 0.6) is 5.75 Å². The lowest BCUT2D eigenvalue weighted by Gasteiger charge is -2.28. The predicted molar refractivity (Wildman–Crippen MR) is 169 cm³/mol. The van der Waals surface area contributed by atoms with Crippen LogP contribution >= 0.6 is 11.3 Å². The Morgan fingerprint density at radius 1 is 1.00 bits per heavy atom. The molecule has 1 atom stereocenters. The van der Waals surface area contributed by atoms with E-state index in [1.54, 1.807) is 11.3 Å². The van der Waals surface area contributed by atoms with Crippen molar-refractivity contribution in [3.8, 4) is 5.75 Å². The molecule has 2 fully saturated rings. The molecule has 1 aromatic carbocycles. The highest BCUT2D eigenvalue weighted by Gasteiger charge is 2.26. The molecule has 0 radical (unpaired) electrons. The summed E-state index contributed by atoms with van der Waals surface area (Å²) in [6, 6.07) is 11.4. The molecule has 0 bridgehead atoms. The number of aromatic nitrogens is 1. The largest absolute Gasteiger partial charge is 0.490 e. The highest BCUT2D eigenvalue weighted by Crippen LogP contribution is 2.34. The zero-order valence-corrected chi connectivity index (χ0v) is 26.4. The second-order valence-electron chi connectivity index (χ2n) is 12.6. The van der Waals surface area contributed by atoms with Gasteiger partial charge in [-0.3, -0.25) is 4.79 Å². The number of benzene rings is 1. The van der Waals surface area contributed by atoms with Gasteiger partial charge in [-0.25, -0.2) is 9.78 Å². The van der Waals surface area contributed by atoms with Crippen LogP contribution in [0, 0.1) is 11.8 Å². The molecular weight excluding hydrogens is 544 g/mol. The number of ether oxygens (including phenoxy) is 2. The molecule has 1 N–H and O–H groups in total. The monoisotopic (exact) mass is 590 g/mol. The molecule has 2 aromatic heterocycles. The van der Waals surface area contributed by atoms with Gasteiger partial charge in [0, 0.05) is 27.3 Å². The van der Waals surface area contributed by atoms with Gasteiger partial charge in [0.05, 0.1) is 13.2 Å². The van der Waals surface area contributed by atoms with Crippen LogP contribution in [0.3, 0.4) is 0 Å². The molecule has 2 saturated carbocycles. The summed E-state index contributed by atoms with van der Waals surface area (Å²) in [5.74, 6) is 1.89. The Bertz CT molecular complexity index is 1370. The van der Waals surface area contributed by atoms with E-state index < -0.39 is 12.0 Å². The zero-order valence-electron chi connectivity index (χ0n) is 25.6. The van der Waals surface area contributed by atoms with Crippen LogP contribution in [-0.2, 0) is 22.4 Å². The van der Waals surface area contributed by atoms with Gasteiger partial charge in [0.15, 0.2) is 0 Å². The summed E-state index contributed by atoms with van der Waals surface area (Å²) in [5.41, 5.74) is 1.28. The van der Waals surface area contributed by atoms with Gasteiger partial charge in [-0.05, 0) is 85.6 Å². The fraction of sp³-hybridized carbons (Fsp3) is 0.571. The van der Waals surface area contributed by atoms with Gasteiger partial charge < -0.3 is 14.8 Å². The fourth-order valence-corrected chi connectivity index (χ4v) is 7.62. The van der Waals surface area contributed by atoms with Crippen molar-refractivity contribution in [3.05, 3.63) is 57.5 Å². The number of nitrogens with one attached hydrogen (secondary N) is 1. The molecule has 2 heterocycles. The summed E-state index contributed by atoms with van der Waals surface area (Å²) >= 11 is 1.67. The summed E-state index contributed by atoms with van der Waals surface area (Å²) in [7, 11) is 1.36. The summed E-state index contributed by atoms with van der Waals surface area (Å²) in [6.45, 7) is 6.58. The van der Waals surface area contributed by atoms with Crippen molar-refractivity contribution in [1.29, 1.82) is 0 Å². The van der Waals surface area contributed by atoms with Crippen LogP contribution in [0.4, 0.5) is 0 Å². The number of nitrogens with zero attached hydrogens (tertiary/aromatic N) is 1. The van der Waals surface area contributed by atoms with Gasteiger partial charge >= 0.3 is 5.97 Å². The van der Waals surface area contributed by atoms with Crippen molar-refractivity contribution in [2.24, 2.45) is 11.8 Å². The SMILES string of the molecule is CCC1CCC(Oc2ccc3cc(C(=O)NC(Cc4ccc(C(C)C)s4)C(=O)OC)nc(CC4CCCC4)c3c2)CC1. The molecule has 0 saturated heterocycles. The summed E-state index contributed by atoms with van der Waals surface area (Å²) < 4.78 is 11.5. The Morgan fingerprint density at radius 2 is 1.76 bits per heavy atom. The number of hydrogen-bond acceptors (Lipinski definition) is 6. The van der Waals surface area contributed by atoms with Crippen LogP contribution in [0.25, 0.3) is 10.8 Å². The first-order valence-corrected chi connectivity index (χ1v) is 16.7. The number of fused-ring (bicyclic) bond motifs is 1. The Hall–Kier alpha value is -2.93. The van der Waals surface area contributed by atoms with Crippen LogP contribution in [0.1, 0.15) is 110 Å². The molecule has 6 nitrogen and oxygen atoms in total. The number of carbonyl (C=O) groups is 2. The fourth-order valence-electron chi connectivity index (χ4n) is 6.56. The normalized spacial score (nSPS) is 20.1. The summed E-state index contributed by atoms with van der Waals surface area (Å²) in [6.07, 6.45) is 12.3. The second-order valence-corrected chi connectivity index (χ2v) is 13.8. The van der Waals surface area contributed by atoms with Gasteiger partial charge in [0.25, 0.3) is 5.91 Å². The number of pyridine rings is 1. The van der Waals surface area contributed by atoms with Crippen LogP contribution in [-0.4, -0.2) is 36.1 Å². The standard InChI is InChI=1S/C35H46N2O4S/c1-5-23-10-13-26(14-11-23)41-27-15-12-25-19-31(36-30(29(25)20-27)18-24-8-6-7-9-24)34(38)37-32(35(39)40-4)21-28-16-17-33(42-28)22(2)3/h12,15-17,19-20,22-24,26,32H,5-11,13-14,18,21H2,1-4H3,(H,37,38).